The van der Waals surface area contributed by atoms with Gasteiger partial charge in [0, 0.05) is 12.2 Å². The van der Waals surface area contributed by atoms with E-state index in [2.05, 4.69) is 28.4 Å². The fraction of sp³-hybridized carbons (Fsp3) is 0.429. The van der Waals surface area contributed by atoms with Crippen LogP contribution in [0.25, 0.3) is 0 Å². The van der Waals surface area contributed by atoms with E-state index in [1.54, 1.807) is 7.11 Å². The van der Waals surface area contributed by atoms with Gasteiger partial charge in [-0.3, -0.25) is 15.6 Å². The minimum Gasteiger partial charge on any atom is -0.497 e. The number of benzene rings is 1. The summed E-state index contributed by atoms with van der Waals surface area (Å²) in [5, 5.41) is 6.42. The summed E-state index contributed by atoms with van der Waals surface area (Å²) >= 11 is 5.02. The SMILES string of the molecule is CCCCNC(=S)NNC(=O)CNc1ccc(OC)cc1. The lowest BCUT2D eigenvalue weighted by molar-refractivity contribution is -0.119. The van der Waals surface area contributed by atoms with Gasteiger partial charge in [0.1, 0.15) is 5.75 Å². The zero-order valence-electron chi connectivity index (χ0n) is 12.4. The van der Waals surface area contributed by atoms with E-state index < -0.39 is 0 Å². The smallest absolute Gasteiger partial charge is 0.257 e. The van der Waals surface area contributed by atoms with E-state index in [4.69, 9.17) is 17.0 Å². The molecule has 116 valence electrons. The van der Waals surface area contributed by atoms with Gasteiger partial charge in [-0.25, -0.2) is 0 Å². The third kappa shape index (κ3) is 7.36. The van der Waals surface area contributed by atoms with Crippen LogP contribution in [0.2, 0.25) is 0 Å². The first-order valence-electron chi connectivity index (χ1n) is 6.86. The zero-order valence-corrected chi connectivity index (χ0v) is 13.2. The number of methoxy groups -OCH3 is 1. The molecule has 4 N–H and O–H groups in total. The van der Waals surface area contributed by atoms with E-state index in [-0.39, 0.29) is 12.5 Å². The maximum Gasteiger partial charge on any atom is 0.257 e. The van der Waals surface area contributed by atoms with Gasteiger partial charge in [0.05, 0.1) is 13.7 Å². The van der Waals surface area contributed by atoms with Crippen LogP contribution in [0.4, 0.5) is 5.69 Å². The average Bonchev–Trinajstić information content (AvgIpc) is 2.51. The topological polar surface area (TPSA) is 74.4 Å². The third-order valence-corrected chi connectivity index (χ3v) is 2.92. The summed E-state index contributed by atoms with van der Waals surface area (Å²) in [5.74, 6) is 0.570. The second-order valence-electron chi connectivity index (χ2n) is 4.36. The van der Waals surface area contributed by atoms with Crippen LogP contribution < -0.4 is 26.2 Å². The molecule has 1 rings (SSSR count). The molecule has 0 saturated carbocycles. The fourth-order valence-corrected chi connectivity index (χ4v) is 1.64. The fourth-order valence-electron chi connectivity index (χ4n) is 1.48. The van der Waals surface area contributed by atoms with Crippen molar-refractivity contribution in [3.63, 3.8) is 0 Å². The van der Waals surface area contributed by atoms with Gasteiger partial charge in [-0.1, -0.05) is 13.3 Å². The number of thiocarbonyl (C=S) groups is 1. The zero-order chi connectivity index (χ0) is 15.5. The second-order valence-corrected chi connectivity index (χ2v) is 4.77. The number of amides is 1. The minimum absolute atomic E-state index is 0.150. The summed E-state index contributed by atoms with van der Waals surface area (Å²) in [7, 11) is 1.61. The molecular formula is C14H22N4O2S. The molecule has 0 unspecified atom stereocenters. The van der Waals surface area contributed by atoms with Crippen molar-refractivity contribution in [1.29, 1.82) is 0 Å². The summed E-state index contributed by atoms with van der Waals surface area (Å²) in [4.78, 5) is 11.6. The van der Waals surface area contributed by atoms with Crippen LogP contribution in [0.5, 0.6) is 5.75 Å². The number of hydrogen-bond donors (Lipinski definition) is 4. The summed E-state index contributed by atoms with van der Waals surface area (Å²) in [6.45, 7) is 3.05. The molecule has 0 saturated heterocycles. The number of hydrazine groups is 1. The van der Waals surface area contributed by atoms with E-state index in [9.17, 15) is 4.79 Å². The molecular weight excluding hydrogens is 288 g/mol. The Balaban J connectivity index is 2.19. The second kappa shape index (κ2) is 9.82. The Bertz CT molecular complexity index is 451. The molecule has 0 aromatic heterocycles. The largest absolute Gasteiger partial charge is 0.497 e. The van der Waals surface area contributed by atoms with E-state index >= 15 is 0 Å². The molecule has 1 aromatic carbocycles. The van der Waals surface area contributed by atoms with Crippen LogP contribution in [-0.2, 0) is 4.79 Å². The Morgan fingerprint density at radius 2 is 1.95 bits per heavy atom. The first-order valence-corrected chi connectivity index (χ1v) is 7.27. The lowest BCUT2D eigenvalue weighted by Gasteiger charge is -2.12. The van der Waals surface area contributed by atoms with Gasteiger partial charge in [0.15, 0.2) is 5.11 Å². The van der Waals surface area contributed by atoms with Crippen molar-refractivity contribution in [2.75, 3.05) is 25.5 Å². The Morgan fingerprint density at radius 1 is 1.24 bits per heavy atom. The first kappa shape index (κ1) is 17.0. The summed E-state index contributed by atoms with van der Waals surface area (Å²) in [6.07, 6.45) is 2.13. The molecule has 1 amide bonds. The molecule has 0 heterocycles. The summed E-state index contributed by atoms with van der Waals surface area (Å²) < 4.78 is 5.06. The van der Waals surface area contributed by atoms with Crippen LogP contribution in [0.15, 0.2) is 24.3 Å². The van der Waals surface area contributed by atoms with Crippen LogP contribution in [-0.4, -0.2) is 31.2 Å². The van der Waals surface area contributed by atoms with Crippen LogP contribution in [0, 0.1) is 0 Å². The van der Waals surface area contributed by atoms with Crippen molar-refractivity contribution in [3.8, 4) is 5.75 Å². The number of hydrogen-bond acceptors (Lipinski definition) is 4. The molecule has 21 heavy (non-hydrogen) atoms. The van der Waals surface area contributed by atoms with Crippen molar-refractivity contribution < 1.29 is 9.53 Å². The van der Waals surface area contributed by atoms with Gasteiger partial charge in [-0.2, -0.15) is 0 Å². The van der Waals surface area contributed by atoms with Gasteiger partial charge in [-0.15, -0.1) is 0 Å². The third-order valence-electron chi connectivity index (χ3n) is 2.67. The number of nitrogens with one attached hydrogen (secondary N) is 4. The molecule has 0 aliphatic carbocycles. The number of ether oxygens (including phenoxy) is 1. The highest BCUT2D eigenvalue weighted by Crippen LogP contribution is 2.14. The van der Waals surface area contributed by atoms with E-state index in [1.165, 1.54) is 0 Å². The Morgan fingerprint density at radius 3 is 2.57 bits per heavy atom. The molecule has 7 heteroatoms. The van der Waals surface area contributed by atoms with E-state index in [0.717, 1.165) is 30.8 Å². The summed E-state index contributed by atoms with van der Waals surface area (Å²) in [6, 6.07) is 7.34. The molecule has 0 aliphatic heterocycles. The van der Waals surface area contributed by atoms with Gasteiger partial charge in [-0.05, 0) is 42.9 Å². The van der Waals surface area contributed by atoms with Crippen LogP contribution in [0.1, 0.15) is 19.8 Å². The Hall–Kier alpha value is -2.02. The number of carbonyl (C=O) groups is 1. The van der Waals surface area contributed by atoms with Gasteiger partial charge < -0.3 is 15.4 Å². The van der Waals surface area contributed by atoms with Crippen molar-refractivity contribution in [2.24, 2.45) is 0 Å². The quantitative estimate of drug-likeness (QED) is 0.347. The highest BCUT2D eigenvalue weighted by atomic mass is 32.1. The van der Waals surface area contributed by atoms with Crippen LogP contribution >= 0.6 is 12.2 Å². The number of anilines is 1. The molecule has 0 spiro atoms. The molecule has 0 radical (unpaired) electrons. The number of rotatable bonds is 7. The molecule has 0 aliphatic rings. The normalized spacial score (nSPS) is 9.62. The molecule has 6 nitrogen and oxygen atoms in total. The van der Waals surface area contributed by atoms with Gasteiger partial charge in [0.25, 0.3) is 5.91 Å². The molecule has 0 bridgehead atoms. The van der Waals surface area contributed by atoms with Crippen molar-refractivity contribution >= 4 is 28.9 Å². The molecule has 1 aromatic rings. The van der Waals surface area contributed by atoms with E-state index in [1.807, 2.05) is 24.3 Å². The van der Waals surface area contributed by atoms with Crippen molar-refractivity contribution in [2.45, 2.75) is 19.8 Å². The standard InChI is InChI=1S/C14H22N4O2S/c1-3-4-9-15-14(21)18-17-13(19)10-16-11-5-7-12(20-2)8-6-11/h5-8,16H,3-4,9-10H2,1-2H3,(H,17,19)(H2,15,18,21). The van der Waals surface area contributed by atoms with Crippen LogP contribution in [0.3, 0.4) is 0 Å². The van der Waals surface area contributed by atoms with Gasteiger partial charge >= 0.3 is 0 Å². The first-order chi connectivity index (χ1) is 10.2. The summed E-state index contributed by atoms with van der Waals surface area (Å²) in [5.41, 5.74) is 6.02. The molecule has 0 fully saturated rings. The predicted octanol–water partition coefficient (Wildman–Crippen LogP) is 1.40. The predicted molar refractivity (Wildman–Crippen MR) is 88.3 cm³/mol. The van der Waals surface area contributed by atoms with Gasteiger partial charge in [0.2, 0.25) is 0 Å². The monoisotopic (exact) mass is 310 g/mol. The maximum absolute atomic E-state index is 11.6. The number of carbonyl (C=O) groups excluding carboxylic acids is 1. The molecule has 0 atom stereocenters. The Labute approximate surface area is 130 Å². The highest BCUT2D eigenvalue weighted by Gasteiger charge is 2.02. The Kier molecular flexibility index (Phi) is 7.96. The highest BCUT2D eigenvalue weighted by molar-refractivity contribution is 7.80. The average molecular weight is 310 g/mol. The van der Waals surface area contributed by atoms with Crippen molar-refractivity contribution in [1.82, 2.24) is 16.2 Å². The maximum atomic E-state index is 11.6. The van der Waals surface area contributed by atoms with E-state index in [0.29, 0.717) is 5.11 Å². The minimum atomic E-state index is -0.203. The lowest BCUT2D eigenvalue weighted by Crippen LogP contribution is -2.48. The van der Waals surface area contributed by atoms with Crippen molar-refractivity contribution in [3.05, 3.63) is 24.3 Å². The number of unbranched alkanes of at least 4 members (excludes halogenated alkanes) is 1. The lowest BCUT2D eigenvalue weighted by atomic mass is 10.3.